The monoisotopic (exact) mass is 506 g/mol. The number of hydrogen-bond acceptors (Lipinski definition) is 6. The van der Waals surface area contributed by atoms with Crippen LogP contribution in [-0.2, 0) is 4.79 Å². The Balaban J connectivity index is 1.53. The van der Waals surface area contributed by atoms with Crippen molar-refractivity contribution in [3.8, 4) is 0 Å². The van der Waals surface area contributed by atoms with Crippen molar-refractivity contribution in [1.29, 1.82) is 0 Å². The zero-order valence-corrected chi connectivity index (χ0v) is 22.7. The molecule has 1 amide bonds. The first kappa shape index (κ1) is 24.3. The number of aryl methyl sites for hydroxylation is 1. The van der Waals surface area contributed by atoms with Crippen molar-refractivity contribution in [2.45, 2.75) is 63.8 Å². The third-order valence-corrected chi connectivity index (χ3v) is 9.62. The first-order valence-electron chi connectivity index (χ1n) is 12.7. The predicted molar refractivity (Wildman–Crippen MR) is 151 cm³/mol. The molecular formula is C28H34N4OS2. The number of thioether (sulfide) groups is 2. The van der Waals surface area contributed by atoms with E-state index in [0.717, 1.165) is 58.0 Å². The fourth-order valence-corrected chi connectivity index (χ4v) is 7.60. The van der Waals surface area contributed by atoms with Crippen LogP contribution in [0.4, 0.5) is 17.1 Å². The van der Waals surface area contributed by atoms with Crippen LogP contribution in [0.5, 0.6) is 0 Å². The van der Waals surface area contributed by atoms with E-state index in [-0.39, 0.29) is 11.9 Å². The number of amidine groups is 1. The van der Waals surface area contributed by atoms with Crippen LogP contribution >= 0.6 is 23.5 Å². The molecule has 0 bridgehead atoms. The lowest BCUT2D eigenvalue weighted by atomic mass is 9.94. The van der Waals surface area contributed by atoms with Crippen molar-refractivity contribution in [2.75, 3.05) is 29.9 Å². The van der Waals surface area contributed by atoms with E-state index in [1.807, 2.05) is 4.90 Å². The van der Waals surface area contributed by atoms with E-state index in [0.29, 0.717) is 0 Å². The van der Waals surface area contributed by atoms with E-state index in [9.17, 15) is 4.79 Å². The number of hydrogen-bond donors (Lipinski definition) is 0. The SMILES string of the molecule is CCN(CC)c1ccc(N=C2SC(=C3Sc4ccccc4N3C)C(=O)N2C2CCCCC2)c(C)c1. The Morgan fingerprint density at radius 3 is 2.46 bits per heavy atom. The van der Waals surface area contributed by atoms with Gasteiger partial charge >= 0.3 is 0 Å². The summed E-state index contributed by atoms with van der Waals surface area (Å²) in [5.74, 6) is 0.111. The molecule has 184 valence electrons. The van der Waals surface area contributed by atoms with Gasteiger partial charge in [0, 0.05) is 36.8 Å². The maximum Gasteiger partial charge on any atom is 0.269 e. The molecule has 2 aromatic rings. The minimum Gasteiger partial charge on any atom is -0.372 e. The van der Waals surface area contributed by atoms with Crippen LogP contribution in [0.25, 0.3) is 0 Å². The highest BCUT2D eigenvalue weighted by Gasteiger charge is 2.42. The Labute approximate surface area is 217 Å². The molecule has 0 aromatic heterocycles. The predicted octanol–water partition coefficient (Wildman–Crippen LogP) is 7.15. The summed E-state index contributed by atoms with van der Waals surface area (Å²) in [5.41, 5.74) is 4.46. The van der Waals surface area contributed by atoms with Crippen LogP contribution in [0.2, 0.25) is 0 Å². The molecule has 0 unspecified atom stereocenters. The van der Waals surface area contributed by atoms with Gasteiger partial charge in [0.15, 0.2) is 5.17 Å². The number of amides is 1. The molecule has 2 heterocycles. The molecule has 0 N–H and O–H groups in total. The fourth-order valence-electron chi connectivity index (χ4n) is 5.21. The van der Waals surface area contributed by atoms with Gasteiger partial charge in [-0.1, -0.05) is 43.2 Å². The lowest BCUT2D eigenvalue weighted by Gasteiger charge is -2.30. The van der Waals surface area contributed by atoms with Gasteiger partial charge in [0.25, 0.3) is 5.91 Å². The van der Waals surface area contributed by atoms with Crippen molar-refractivity contribution < 1.29 is 4.79 Å². The lowest BCUT2D eigenvalue weighted by Crippen LogP contribution is -2.40. The molecule has 1 saturated carbocycles. The van der Waals surface area contributed by atoms with Crippen LogP contribution in [0.1, 0.15) is 51.5 Å². The van der Waals surface area contributed by atoms with Gasteiger partial charge in [0.1, 0.15) is 4.91 Å². The third kappa shape index (κ3) is 4.60. The Hall–Kier alpha value is -2.38. The van der Waals surface area contributed by atoms with Crippen molar-refractivity contribution in [1.82, 2.24) is 4.90 Å². The molecule has 7 heteroatoms. The summed E-state index contributed by atoms with van der Waals surface area (Å²) in [7, 11) is 2.06. The highest BCUT2D eigenvalue weighted by Crippen LogP contribution is 2.50. The molecule has 2 aromatic carbocycles. The van der Waals surface area contributed by atoms with Gasteiger partial charge in [-0.2, -0.15) is 0 Å². The van der Waals surface area contributed by atoms with Gasteiger partial charge < -0.3 is 9.80 Å². The molecule has 5 rings (SSSR count). The van der Waals surface area contributed by atoms with Crippen LogP contribution in [0.3, 0.4) is 0 Å². The summed E-state index contributed by atoms with van der Waals surface area (Å²) in [6, 6.07) is 15.1. The van der Waals surface area contributed by atoms with Crippen LogP contribution in [0.15, 0.2) is 62.3 Å². The van der Waals surface area contributed by atoms with E-state index < -0.39 is 0 Å². The standard InChI is InChI=1S/C28H34N4OS2/c1-5-31(6-2)21-16-17-22(19(3)18-21)29-28-32(20-12-8-7-9-13-20)26(33)25(35-28)27-30(4)23-14-10-11-15-24(23)34-27/h10-11,14-18,20H,5-9,12-13H2,1-4H3. The van der Waals surface area contributed by atoms with Crippen molar-refractivity contribution >= 4 is 51.7 Å². The number of nitrogens with zero attached hydrogens (tertiary/aromatic N) is 4. The molecule has 35 heavy (non-hydrogen) atoms. The van der Waals surface area contributed by atoms with E-state index in [1.54, 1.807) is 23.5 Å². The Morgan fingerprint density at radius 2 is 1.77 bits per heavy atom. The second kappa shape index (κ2) is 10.3. The Bertz CT molecular complexity index is 1180. The molecule has 5 nitrogen and oxygen atoms in total. The number of para-hydroxylation sites is 1. The van der Waals surface area contributed by atoms with Crippen molar-refractivity contribution in [2.24, 2.45) is 4.99 Å². The summed E-state index contributed by atoms with van der Waals surface area (Å²) < 4.78 is 0. The number of fused-ring (bicyclic) bond motifs is 1. The minimum atomic E-state index is 0.111. The first-order valence-corrected chi connectivity index (χ1v) is 14.4. The zero-order chi connectivity index (χ0) is 24.5. The smallest absolute Gasteiger partial charge is 0.269 e. The maximum atomic E-state index is 13.9. The Morgan fingerprint density at radius 1 is 1.03 bits per heavy atom. The van der Waals surface area contributed by atoms with E-state index in [1.165, 1.54) is 29.8 Å². The third-order valence-electron chi connectivity index (χ3n) is 7.21. The summed E-state index contributed by atoms with van der Waals surface area (Å²) in [4.78, 5) is 27.6. The van der Waals surface area contributed by atoms with Gasteiger partial charge in [0.2, 0.25) is 0 Å². The zero-order valence-electron chi connectivity index (χ0n) is 21.1. The molecule has 2 aliphatic heterocycles. The maximum absolute atomic E-state index is 13.9. The molecule has 2 fully saturated rings. The topological polar surface area (TPSA) is 39.1 Å². The van der Waals surface area contributed by atoms with E-state index in [2.05, 4.69) is 80.1 Å². The molecule has 1 aliphatic carbocycles. The molecule has 0 atom stereocenters. The summed E-state index contributed by atoms with van der Waals surface area (Å²) in [6.07, 6.45) is 5.71. The number of aliphatic imine (C=N–C) groups is 1. The van der Waals surface area contributed by atoms with Gasteiger partial charge in [-0.05, 0) is 81.3 Å². The fraction of sp³-hybridized carbons (Fsp3) is 0.429. The molecule has 0 spiro atoms. The van der Waals surface area contributed by atoms with Gasteiger partial charge in [-0.3, -0.25) is 9.69 Å². The van der Waals surface area contributed by atoms with Crippen molar-refractivity contribution in [3.05, 3.63) is 58.0 Å². The Kier molecular flexibility index (Phi) is 7.17. The van der Waals surface area contributed by atoms with E-state index >= 15 is 0 Å². The summed E-state index contributed by atoms with van der Waals surface area (Å²) >= 11 is 3.24. The molecule has 0 radical (unpaired) electrons. The average molecular weight is 507 g/mol. The van der Waals surface area contributed by atoms with Gasteiger partial charge in [-0.25, -0.2) is 4.99 Å². The van der Waals surface area contributed by atoms with Gasteiger partial charge in [0.05, 0.1) is 16.4 Å². The minimum absolute atomic E-state index is 0.111. The number of anilines is 2. The second-order valence-electron chi connectivity index (χ2n) is 9.37. The largest absolute Gasteiger partial charge is 0.372 e. The summed E-state index contributed by atoms with van der Waals surface area (Å²) in [6.45, 7) is 8.44. The normalized spacial score (nSPS) is 21.8. The molecule has 3 aliphatic rings. The van der Waals surface area contributed by atoms with Crippen LogP contribution < -0.4 is 9.80 Å². The number of benzene rings is 2. The summed E-state index contributed by atoms with van der Waals surface area (Å²) in [5, 5.41) is 1.84. The highest BCUT2D eigenvalue weighted by atomic mass is 32.2. The number of carbonyl (C=O) groups is 1. The van der Waals surface area contributed by atoms with Crippen molar-refractivity contribution in [3.63, 3.8) is 0 Å². The molecular weight excluding hydrogens is 472 g/mol. The first-order chi connectivity index (χ1) is 17.0. The second-order valence-corrected chi connectivity index (χ2v) is 11.4. The lowest BCUT2D eigenvalue weighted by molar-refractivity contribution is -0.124. The van der Waals surface area contributed by atoms with E-state index in [4.69, 9.17) is 4.99 Å². The molecule has 1 saturated heterocycles. The average Bonchev–Trinajstić information content (AvgIpc) is 3.38. The van der Waals surface area contributed by atoms with Crippen LogP contribution in [0, 0.1) is 6.92 Å². The number of rotatable bonds is 5. The quantitative estimate of drug-likeness (QED) is 0.403. The van der Waals surface area contributed by atoms with Crippen LogP contribution in [-0.4, -0.2) is 42.2 Å². The highest BCUT2D eigenvalue weighted by molar-refractivity contribution is 8.19. The number of carbonyl (C=O) groups excluding carboxylic acids is 1. The van der Waals surface area contributed by atoms with Gasteiger partial charge in [-0.15, -0.1) is 0 Å².